The first-order chi connectivity index (χ1) is 22.3. The number of carbonyl (C=O) groups is 5. The molecule has 0 spiro atoms. The van der Waals surface area contributed by atoms with E-state index in [0.29, 0.717) is 27.9 Å². The van der Waals surface area contributed by atoms with E-state index in [9.17, 15) is 34.2 Å². The minimum Gasteiger partial charge on any atom is -0.508 e. The lowest BCUT2D eigenvalue weighted by atomic mass is 9.96. The lowest BCUT2D eigenvalue weighted by Gasteiger charge is -2.26. The zero-order chi connectivity index (χ0) is 35.8. The zero-order valence-electron chi connectivity index (χ0n) is 28.4. The van der Waals surface area contributed by atoms with Crippen molar-refractivity contribution < 1.29 is 48.4 Å². The molecule has 49 heavy (non-hydrogen) atoms. The molecule has 0 saturated carbocycles. The Morgan fingerprint density at radius 2 is 1.47 bits per heavy atom. The Morgan fingerprint density at radius 3 is 2.08 bits per heavy atom. The van der Waals surface area contributed by atoms with E-state index in [1.165, 1.54) is 6.07 Å². The van der Waals surface area contributed by atoms with E-state index in [1.807, 2.05) is 0 Å². The number of alkyl carbamates (subject to hydrolysis) is 2. The van der Waals surface area contributed by atoms with Crippen molar-refractivity contribution in [2.45, 2.75) is 96.7 Å². The summed E-state index contributed by atoms with van der Waals surface area (Å²) in [6.07, 6.45) is -4.80. The van der Waals surface area contributed by atoms with Crippen molar-refractivity contribution in [1.82, 2.24) is 21.3 Å². The summed E-state index contributed by atoms with van der Waals surface area (Å²) in [5, 5.41) is 30.5. The molecule has 3 atom stereocenters. The second-order valence-electron chi connectivity index (χ2n) is 13.4. The van der Waals surface area contributed by atoms with E-state index in [0.717, 1.165) is 0 Å². The van der Waals surface area contributed by atoms with Crippen LogP contribution in [0.15, 0.2) is 36.4 Å². The topological polar surface area (TPSA) is 228 Å². The Bertz CT molecular complexity index is 1520. The average molecular weight is 708 g/mol. The number of amides is 4. The Hall–Kier alpha value is -4.92. The van der Waals surface area contributed by atoms with Gasteiger partial charge in [0.15, 0.2) is 6.23 Å². The summed E-state index contributed by atoms with van der Waals surface area (Å²) in [6.45, 7) is 10.2. The van der Waals surface area contributed by atoms with Gasteiger partial charge in [0.1, 0.15) is 29.0 Å². The van der Waals surface area contributed by atoms with Gasteiger partial charge in [-0.3, -0.25) is 9.59 Å². The van der Waals surface area contributed by atoms with Gasteiger partial charge in [-0.05, 0) is 101 Å². The second kappa shape index (κ2) is 17.0. The van der Waals surface area contributed by atoms with Crippen molar-refractivity contribution >= 4 is 48.3 Å². The highest BCUT2D eigenvalue weighted by atomic mass is 35.5. The number of nitrogens with one attached hydrogen (secondary N) is 4. The molecule has 1 heterocycles. The van der Waals surface area contributed by atoms with Gasteiger partial charge in [0.2, 0.25) is 11.8 Å². The Morgan fingerprint density at radius 1 is 0.878 bits per heavy atom. The molecule has 4 amide bonds. The highest BCUT2D eigenvalue weighted by Gasteiger charge is 2.31. The predicted molar refractivity (Wildman–Crippen MR) is 182 cm³/mol. The van der Waals surface area contributed by atoms with Gasteiger partial charge in [0, 0.05) is 25.1 Å². The van der Waals surface area contributed by atoms with Crippen LogP contribution in [-0.2, 0) is 36.6 Å². The Labute approximate surface area is 291 Å². The van der Waals surface area contributed by atoms with Gasteiger partial charge < -0.3 is 51.4 Å². The SMILES string of the molecule is CC(C)(C)OC(=O)NCCC[C@@H]1NC(=O)[C@@H](NC(=O)OC(C)(C)C)Cc2cc(ccc2O)-c2ccc(N)c(c2)C[C@H](OC(=O)O)NC1=O.Cl. The van der Waals surface area contributed by atoms with E-state index < -0.39 is 59.7 Å². The molecule has 0 fully saturated rings. The van der Waals surface area contributed by atoms with Crippen molar-refractivity contribution in [1.29, 1.82) is 0 Å². The summed E-state index contributed by atoms with van der Waals surface area (Å²) in [4.78, 5) is 64.0. The number of hydrogen-bond acceptors (Lipinski definition) is 10. The molecule has 0 radical (unpaired) electrons. The number of phenols is 1. The van der Waals surface area contributed by atoms with E-state index in [4.69, 9.17) is 19.9 Å². The summed E-state index contributed by atoms with van der Waals surface area (Å²) in [5.74, 6) is -1.72. The smallest absolute Gasteiger partial charge is 0.507 e. The Kier molecular flexibility index (Phi) is 13.9. The molecule has 0 unspecified atom stereocenters. The molecule has 15 nitrogen and oxygen atoms in total. The molecule has 4 bridgehead atoms. The van der Waals surface area contributed by atoms with Crippen LogP contribution in [0.2, 0.25) is 0 Å². The number of carboxylic acid groups (broad SMARTS) is 1. The second-order valence-corrected chi connectivity index (χ2v) is 13.4. The number of carbonyl (C=O) groups excluding carboxylic acids is 4. The standard InChI is InChI=1S/C33H45N5O10.ClH/c1-32(2,3)47-29(42)35-13-7-8-23-27(40)38-26(46-31(44)45)17-20-14-18(9-11-22(20)34)19-10-12-25(39)21(15-19)16-24(28(41)36-23)37-30(43)48-33(4,5)6;/h9-12,14-15,23-24,26,39H,7-8,13,16-17,34H2,1-6H3,(H,35,42)(H,36,41)(H,37,43)(H,38,40)(H,44,45);1H/t23-,24-,26-;/m0./s1. The van der Waals surface area contributed by atoms with Crippen LogP contribution in [0, 0.1) is 0 Å². The number of nitrogen functional groups attached to an aromatic ring is 1. The van der Waals surface area contributed by atoms with Crippen LogP contribution in [0.1, 0.15) is 65.5 Å². The van der Waals surface area contributed by atoms with Gasteiger partial charge in [0.25, 0.3) is 0 Å². The summed E-state index contributed by atoms with van der Waals surface area (Å²) in [7, 11) is 0. The van der Waals surface area contributed by atoms with Crippen LogP contribution in [0.5, 0.6) is 5.75 Å². The average Bonchev–Trinajstić information content (AvgIpc) is 2.93. The fourth-order valence-corrected chi connectivity index (χ4v) is 4.82. The number of hydrogen-bond donors (Lipinski definition) is 7. The largest absolute Gasteiger partial charge is 0.508 e. The van der Waals surface area contributed by atoms with Gasteiger partial charge in [-0.25, -0.2) is 14.4 Å². The van der Waals surface area contributed by atoms with Crippen molar-refractivity contribution in [3.8, 4) is 16.9 Å². The third-order valence-corrected chi connectivity index (χ3v) is 6.91. The number of anilines is 1. The van der Waals surface area contributed by atoms with Gasteiger partial charge >= 0.3 is 18.3 Å². The first-order valence-corrected chi connectivity index (χ1v) is 15.5. The summed E-state index contributed by atoms with van der Waals surface area (Å²) in [6, 6.07) is 7.19. The monoisotopic (exact) mass is 707 g/mol. The third-order valence-electron chi connectivity index (χ3n) is 6.91. The molecular weight excluding hydrogens is 662 g/mol. The number of phenolic OH excluding ortho intramolecular Hbond substituents is 1. The number of aromatic hydroxyl groups is 1. The third kappa shape index (κ3) is 13.2. The van der Waals surface area contributed by atoms with Crippen LogP contribution >= 0.6 is 12.4 Å². The van der Waals surface area contributed by atoms with Crippen molar-refractivity contribution in [2.75, 3.05) is 12.3 Å². The van der Waals surface area contributed by atoms with Crippen LogP contribution in [0.4, 0.5) is 20.1 Å². The summed E-state index contributed by atoms with van der Waals surface area (Å²) < 4.78 is 15.6. The number of nitrogens with two attached hydrogens (primary N) is 1. The lowest BCUT2D eigenvalue weighted by molar-refractivity contribution is -0.132. The number of ether oxygens (including phenoxy) is 3. The molecule has 0 aromatic heterocycles. The zero-order valence-corrected chi connectivity index (χ0v) is 29.2. The molecule has 1 aliphatic rings. The van der Waals surface area contributed by atoms with Gasteiger partial charge in [-0.15, -0.1) is 12.4 Å². The first kappa shape index (κ1) is 40.3. The molecule has 1 aliphatic heterocycles. The fraction of sp³-hybridized carbons (Fsp3) is 0.485. The van der Waals surface area contributed by atoms with E-state index in [1.54, 1.807) is 71.9 Å². The molecule has 2 aromatic rings. The lowest BCUT2D eigenvalue weighted by Crippen LogP contribution is -2.56. The maximum atomic E-state index is 13.8. The van der Waals surface area contributed by atoms with Gasteiger partial charge in [-0.1, -0.05) is 12.1 Å². The quantitative estimate of drug-likeness (QED) is 0.0983. The molecule has 16 heteroatoms. The fourth-order valence-electron chi connectivity index (χ4n) is 4.82. The molecule has 270 valence electrons. The van der Waals surface area contributed by atoms with Crippen LogP contribution in [0.25, 0.3) is 11.1 Å². The molecule has 8 N–H and O–H groups in total. The van der Waals surface area contributed by atoms with Crippen LogP contribution < -0.4 is 27.0 Å². The van der Waals surface area contributed by atoms with E-state index in [2.05, 4.69) is 21.3 Å². The predicted octanol–water partition coefficient (Wildman–Crippen LogP) is 3.98. The van der Waals surface area contributed by atoms with Crippen molar-refractivity contribution in [2.24, 2.45) is 0 Å². The number of fused-ring (bicyclic) bond motifs is 5. The van der Waals surface area contributed by atoms with E-state index >= 15 is 0 Å². The van der Waals surface area contributed by atoms with Crippen molar-refractivity contribution in [3.63, 3.8) is 0 Å². The number of benzene rings is 2. The molecular formula is C33H46ClN5O10. The minimum atomic E-state index is -1.65. The number of rotatable bonds is 6. The van der Waals surface area contributed by atoms with Gasteiger partial charge in [-0.2, -0.15) is 0 Å². The van der Waals surface area contributed by atoms with Crippen LogP contribution in [-0.4, -0.2) is 76.4 Å². The van der Waals surface area contributed by atoms with Crippen LogP contribution in [0.3, 0.4) is 0 Å². The highest BCUT2D eigenvalue weighted by molar-refractivity contribution is 5.92. The minimum absolute atomic E-state index is 0. The molecule has 3 rings (SSSR count). The molecule has 2 aromatic carbocycles. The Balaban J connectivity index is 0.00000833. The van der Waals surface area contributed by atoms with Crippen molar-refractivity contribution in [3.05, 3.63) is 47.5 Å². The normalized spacial score (nSPS) is 18.2. The van der Waals surface area contributed by atoms with E-state index in [-0.39, 0.29) is 50.4 Å². The van der Waals surface area contributed by atoms with Gasteiger partial charge in [0.05, 0.1) is 0 Å². The highest BCUT2D eigenvalue weighted by Crippen LogP contribution is 2.30. The maximum Gasteiger partial charge on any atom is 0.507 e. The summed E-state index contributed by atoms with van der Waals surface area (Å²) >= 11 is 0. The molecule has 0 aliphatic carbocycles. The maximum absolute atomic E-state index is 13.8. The molecule has 0 saturated heterocycles. The number of halogens is 1. The first-order valence-electron chi connectivity index (χ1n) is 15.5. The summed E-state index contributed by atoms with van der Waals surface area (Å²) in [5.41, 5.74) is 6.97.